The van der Waals surface area contributed by atoms with Gasteiger partial charge in [-0.1, -0.05) is 68.4 Å². The summed E-state index contributed by atoms with van der Waals surface area (Å²) in [7, 11) is 0. The number of benzene rings is 2. The minimum atomic E-state index is 0.0286. The molecule has 0 aliphatic heterocycles. The quantitative estimate of drug-likeness (QED) is 0.775. The second-order valence-electron chi connectivity index (χ2n) is 8.40. The summed E-state index contributed by atoms with van der Waals surface area (Å²) in [6, 6.07) is 18.3. The van der Waals surface area contributed by atoms with Crippen molar-refractivity contribution in [1.29, 1.82) is 0 Å². The van der Waals surface area contributed by atoms with Crippen molar-refractivity contribution in [2.75, 3.05) is 0 Å². The van der Waals surface area contributed by atoms with E-state index in [0.717, 1.165) is 17.5 Å². The van der Waals surface area contributed by atoms with E-state index in [-0.39, 0.29) is 29.6 Å². The van der Waals surface area contributed by atoms with Gasteiger partial charge in [-0.2, -0.15) is 0 Å². The van der Waals surface area contributed by atoms with Gasteiger partial charge >= 0.3 is 0 Å². The van der Waals surface area contributed by atoms with Gasteiger partial charge in [0.15, 0.2) is 0 Å². The fourth-order valence-corrected chi connectivity index (χ4v) is 4.20. The highest BCUT2D eigenvalue weighted by atomic mass is 16.2. The Hall–Kier alpha value is -2.62. The van der Waals surface area contributed by atoms with Crippen LogP contribution in [0.1, 0.15) is 42.9 Å². The molecule has 0 heterocycles. The third-order valence-electron chi connectivity index (χ3n) is 6.24. The van der Waals surface area contributed by atoms with Crippen molar-refractivity contribution >= 4 is 11.8 Å². The molecule has 0 spiro atoms. The lowest BCUT2D eigenvalue weighted by Crippen LogP contribution is -2.25. The molecule has 2 fully saturated rings. The smallest absolute Gasteiger partial charge is 0.224 e. The second-order valence-corrected chi connectivity index (χ2v) is 8.40. The van der Waals surface area contributed by atoms with E-state index in [1.165, 1.54) is 5.56 Å². The van der Waals surface area contributed by atoms with Gasteiger partial charge in [-0.25, -0.2) is 0 Å². The molecule has 2 aliphatic rings. The van der Waals surface area contributed by atoms with Crippen molar-refractivity contribution in [1.82, 2.24) is 10.6 Å². The SMILES string of the molecule is C[C@@H]1C(c2cccc(CNC(=O)[C@H]3C[C@@H]3C)c2)[C@H]1C(=O)NCc1ccccc1. The molecule has 5 atom stereocenters. The van der Waals surface area contributed by atoms with Crippen molar-refractivity contribution in [3.05, 3.63) is 71.3 Å². The summed E-state index contributed by atoms with van der Waals surface area (Å²) in [4.78, 5) is 24.7. The first-order valence-corrected chi connectivity index (χ1v) is 10.2. The summed E-state index contributed by atoms with van der Waals surface area (Å²) in [5, 5.41) is 6.12. The molecular weight excluding hydrogens is 348 g/mol. The third kappa shape index (κ3) is 4.11. The molecule has 2 amide bonds. The van der Waals surface area contributed by atoms with E-state index in [9.17, 15) is 9.59 Å². The summed E-state index contributed by atoms with van der Waals surface area (Å²) in [5.74, 6) is 1.64. The minimum Gasteiger partial charge on any atom is -0.352 e. The molecule has 2 aliphatic carbocycles. The van der Waals surface area contributed by atoms with E-state index < -0.39 is 0 Å². The monoisotopic (exact) mass is 376 g/mol. The Morgan fingerprint density at radius 1 is 0.893 bits per heavy atom. The number of hydrogen-bond acceptors (Lipinski definition) is 2. The van der Waals surface area contributed by atoms with Crippen LogP contribution in [0.25, 0.3) is 0 Å². The normalized spacial score (nSPS) is 27.7. The van der Waals surface area contributed by atoms with Crippen LogP contribution in [0.4, 0.5) is 0 Å². The van der Waals surface area contributed by atoms with Crippen molar-refractivity contribution in [2.24, 2.45) is 23.7 Å². The lowest BCUT2D eigenvalue weighted by atomic mass is 10.0. The molecule has 0 saturated heterocycles. The Bertz CT molecular complexity index is 864. The molecule has 2 saturated carbocycles. The number of nitrogens with one attached hydrogen (secondary N) is 2. The number of hydrogen-bond donors (Lipinski definition) is 2. The van der Waals surface area contributed by atoms with Gasteiger partial charge in [0.1, 0.15) is 0 Å². The fraction of sp³-hybridized carbons (Fsp3) is 0.417. The van der Waals surface area contributed by atoms with Crippen LogP contribution in [0, 0.1) is 23.7 Å². The Labute approximate surface area is 166 Å². The van der Waals surface area contributed by atoms with E-state index in [1.807, 2.05) is 42.5 Å². The van der Waals surface area contributed by atoms with Crippen LogP contribution in [-0.2, 0) is 22.7 Å². The Balaban J connectivity index is 1.32. The van der Waals surface area contributed by atoms with Crippen LogP contribution >= 0.6 is 0 Å². The molecule has 2 aromatic carbocycles. The van der Waals surface area contributed by atoms with Gasteiger partial charge < -0.3 is 10.6 Å². The molecule has 0 radical (unpaired) electrons. The van der Waals surface area contributed by atoms with Gasteiger partial charge in [0.2, 0.25) is 11.8 Å². The average Bonchev–Trinajstić information content (AvgIpc) is 3.61. The van der Waals surface area contributed by atoms with Crippen LogP contribution in [0.2, 0.25) is 0 Å². The highest BCUT2D eigenvalue weighted by Gasteiger charge is 2.52. The zero-order valence-corrected chi connectivity index (χ0v) is 16.5. The first-order valence-electron chi connectivity index (χ1n) is 10.2. The summed E-state index contributed by atoms with van der Waals surface area (Å²) in [5.41, 5.74) is 3.41. The molecule has 1 unspecified atom stereocenters. The Morgan fingerprint density at radius 3 is 2.25 bits per heavy atom. The third-order valence-corrected chi connectivity index (χ3v) is 6.24. The number of rotatable bonds is 7. The summed E-state index contributed by atoms with van der Waals surface area (Å²) in [6.45, 7) is 5.38. The molecule has 28 heavy (non-hydrogen) atoms. The van der Waals surface area contributed by atoms with Crippen molar-refractivity contribution in [3.8, 4) is 0 Å². The van der Waals surface area contributed by atoms with Gasteiger partial charge in [0.25, 0.3) is 0 Å². The maximum Gasteiger partial charge on any atom is 0.224 e. The minimum absolute atomic E-state index is 0.0286. The molecule has 2 N–H and O–H groups in total. The van der Waals surface area contributed by atoms with Crippen molar-refractivity contribution in [2.45, 2.75) is 39.3 Å². The highest BCUT2D eigenvalue weighted by molar-refractivity contribution is 5.83. The first-order chi connectivity index (χ1) is 13.5. The fourth-order valence-electron chi connectivity index (χ4n) is 4.20. The van der Waals surface area contributed by atoms with Crippen LogP contribution in [-0.4, -0.2) is 11.8 Å². The summed E-state index contributed by atoms with van der Waals surface area (Å²) in [6.07, 6.45) is 1.01. The van der Waals surface area contributed by atoms with Crippen molar-refractivity contribution < 1.29 is 9.59 Å². The second kappa shape index (κ2) is 7.78. The summed E-state index contributed by atoms with van der Waals surface area (Å²) < 4.78 is 0. The van der Waals surface area contributed by atoms with Gasteiger partial charge in [-0.15, -0.1) is 0 Å². The van der Waals surface area contributed by atoms with E-state index in [2.05, 4.69) is 36.6 Å². The maximum atomic E-state index is 12.6. The Morgan fingerprint density at radius 2 is 1.54 bits per heavy atom. The van der Waals surface area contributed by atoms with Crippen LogP contribution in [0.5, 0.6) is 0 Å². The predicted molar refractivity (Wildman–Crippen MR) is 109 cm³/mol. The maximum absolute atomic E-state index is 12.6. The molecule has 4 heteroatoms. The number of amides is 2. The molecule has 146 valence electrons. The predicted octanol–water partition coefficient (Wildman–Crippen LogP) is 3.62. The number of carbonyl (C=O) groups is 2. The molecule has 4 rings (SSSR count). The lowest BCUT2D eigenvalue weighted by Gasteiger charge is -2.08. The van der Waals surface area contributed by atoms with Gasteiger partial charge in [0.05, 0.1) is 0 Å². The van der Waals surface area contributed by atoms with Gasteiger partial charge in [0, 0.05) is 24.9 Å². The largest absolute Gasteiger partial charge is 0.352 e. The molecule has 0 aromatic heterocycles. The van der Waals surface area contributed by atoms with Crippen LogP contribution in [0.15, 0.2) is 54.6 Å². The average molecular weight is 377 g/mol. The van der Waals surface area contributed by atoms with Gasteiger partial charge in [-0.3, -0.25) is 9.59 Å². The van der Waals surface area contributed by atoms with E-state index >= 15 is 0 Å². The van der Waals surface area contributed by atoms with E-state index in [4.69, 9.17) is 0 Å². The number of carbonyl (C=O) groups excluding carboxylic acids is 2. The first kappa shape index (κ1) is 18.7. The topological polar surface area (TPSA) is 58.2 Å². The molecule has 2 aromatic rings. The standard InChI is InChI=1S/C24H28N2O2/c1-15-11-20(15)23(27)25-14-18-9-6-10-19(12-18)21-16(2)22(21)24(28)26-13-17-7-4-3-5-8-17/h3-10,12,15-16,20-22H,11,13-14H2,1-2H3,(H,25,27)(H,26,28)/t15-,16+,20-,21?,22-/m0/s1. The van der Waals surface area contributed by atoms with Crippen LogP contribution < -0.4 is 10.6 Å². The van der Waals surface area contributed by atoms with E-state index in [0.29, 0.717) is 24.9 Å². The molecular formula is C24H28N2O2. The Kier molecular flexibility index (Phi) is 5.21. The highest BCUT2D eigenvalue weighted by Crippen LogP contribution is 2.53. The lowest BCUT2D eigenvalue weighted by molar-refractivity contribution is -0.123. The van der Waals surface area contributed by atoms with Gasteiger partial charge in [-0.05, 0) is 40.9 Å². The zero-order chi connectivity index (χ0) is 19.7. The van der Waals surface area contributed by atoms with E-state index in [1.54, 1.807) is 0 Å². The zero-order valence-electron chi connectivity index (χ0n) is 16.5. The van der Waals surface area contributed by atoms with Crippen molar-refractivity contribution in [3.63, 3.8) is 0 Å². The molecule has 4 nitrogen and oxygen atoms in total. The molecule has 0 bridgehead atoms. The van der Waals surface area contributed by atoms with Crippen LogP contribution in [0.3, 0.4) is 0 Å². The summed E-state index contributed by atoms with van der Waals surface area (Å²) >= 11 is 0.